The Labute approximate surface area is 158 Å². The van der Waals surface area contributed by atoms with E-state index in [4.69, 9.17) is 34.8 Å². The first-order chi connectivity index (χ1) is 11.8. The number of hydrogen-bond acceptors (Lipinski definition) is 4. The van der Waals surface area contributed by atoms with Gasteiger partial charge in [-0.2, -0.15) is 0 Å². The number of non-ortho nitro benzene ring substituents is 1. The fourth-order valence-corrected chi connectivity index (χ4v) is 2.46. The van der Waals surface area contributed by atoms with Crippen LogP contribution >= 0.6 is 34.8 Å². The van der Waals surface area contributed by atoms with E-state index in [0.29, 0.717) is 6.54 Å². The molecule has 1 aromatic carbocycles. The summed E-state index contributed by atoms with van der Waals surface area (Å²) in [5.74, 6) is -0.581. The molecule has 10 heteroatoms. The van der Waals surface area contributed by atoms with Gasteiger partial charge in [0.1, 0.15) is 6.54 Å². The van der Waals surface area contributed by atoms with E-state index in [-0.39, 0.29) is 11.3 Å². The maximum absolute atomic E-state index is 12.3. The highest BCUT2D eigenvalue weighted by Crippen LogP contribution is 2.27. The van der Waals surface area contributed by atoms with Crippen LogP contribution in [0.4, 0.5) is 5.69 Å². The van der Waals surface area contributed by atoms with Gasteiger partial charge in [0.05, 0.1) is 4.92 Å². The number of nitro groups is 1. The van der Waals surface area contributed by atoms with Crippen LogP contribution in [0.25, 0.3) is 0 Å². The number of benzene rings is 1. The van der Waals surface area contributed by atoms with E-state index in [2.05, 4.69) is 10.3 Å². The number of nitrogens with one attached hydrogen (secondary N) is 1. The van der Waals surface area contributed by atoms with Gasteiger partial charge in [0, 0.05) is 35.7 Å². The predicted molar refractivity (Wildman–Crippen MR) is 94.5 cm³/mol. The number of rotatable bonds is 6. The minimum atomic E-state index is -1.78. The molecule has 0 radical (unpaired) electrons. The summed E-state index contributed by atoms with van der Waals surface area (Å²) in [5, 5.41) is 15.0. The SMILES string of the molecule is O=C(N[C@H]([NH2+]Cc1cccnc1)C(Cl)(Cl)Cl)c1cccc([N+](=O)[O-])c1. The monoisotopic (exact) mass is 403 g/mol. The number of carbonyl (C=O) groups is 1. The Hall–Kier alpha value is -1.93. The third-order valence-electron chi connectivity index (χ3n) is 3.27. The van der Waals surface area contributed by atoms with Crippen LogP contribution in [0.3, 0.4) is 0 Å². The highest BCUT2D eigenvalue weighted by atomic mass is 35.6. The van der Waals surface area contributed by atoms with Crippen LogP contribution in [0.2, 0.25) is 0 Å². The molecule has 2 aromatic rings. The zero-order valence-corrected chi connectivity index (χ0v) is 15.0. The minimum absolute atomic E-state index is 0.100. The van der Waals surface area contributed by atoms with Gasteiger partial charge < -0.3 is 5.32 Å². The van der Waals surface area contributed by atoms with Crippen molar-refractivity contribution < 1.29 is 15.0 Å². The van der Waals surface area contributed by atoms with Crippen molar-refractivity contribution in [1.82, 2.24) is 10.3 Å². The van der Waals surface area contributed by atoms with E-state index in [9.17, 15) is 14.9 Å². The third kappa shape index (κ3) is 5.82. The highest BCUT2D eigenvalue weighted by Gasteiger charge is 2.37. The first-order valence-corrected chi connectivity index (χ1v) is 8.25. The summed E-state index contributed by atoms with van der Waals surface area (Å²) >= 11 is 17.8. The van der Waals surface area contributed by atoms with E-state index in [1.807, 2.05) is 6.07 Å². The van der Waals surface area contributed by atoms with Gasteiger partial charge in [-0.1, -0.05) is 46.9 Å². The van der Waals surface area contributed by atoms with Gasteiger partial charge in [-0.3, -0.25) is 25.2 Å². The number of carbonyl (C=O) groups excluding carboxylic acids is 1. The molecule has 1 atom stereocenters. The molecule has 0 aliphatic carbocycles. The summed E-state index contributed by atoms with van der Waals surface area (Å²) in [7, 11) is 0. The summed E-state index contributed by atoms with van der Waals surface area (Å²) < 4.78 is -1.78. The molecule has 3 N–H and O–H groups in total. The molecule has 0 spiro atoms. The van der Waals surface area contributed by atoms with E-state index in [1.165, 1.54) is 18.2 Å². The summed E-state index contributed by atoms with van der Waals surface area (Å²) in [6, 6.07) is 8.93. The number of pyridine rings is 1. The van der Waals surface area contributed by atoms with Crippen LogP contribution in [-0.2, 0) is 6.54 Å². The number of alkyl halides is 3. The molecule has 25 heavy (non-hydrogen) atoms. The third-order valence-corrected chi connectivity index (χ3v) is 3.98. The zero-order valence-electron chi connectivity index (χ0n) is 12.7. The Morgan fingerprint density at radius 3 is 2.68 bits per heavy atom. The van der Waals surface area contributed by atoms with Gasteiger partial charge in [-0.25, -0.2) is 0 Å². The summed E-state index contributed by atoms with van der Waals surface area (Å²) in [6.07, 6.45) is 2.40. The second-order valence-corrected chi connectivity index (χ2v) is 7.47. The number of quaternary nitrogens is 1. The lowest BCUT2D eigenvalue weighted by atomic mass is 10.2. The quantitative estimate of drug-likeness (QED) is 0.333. The molecular formula is C15H14Cl3N4O3+. The van der Waals surface area contributed by atoms with Crippen molar-refractivity contribution >= 4 is 46.4 Å². The minimum Gasteiger partial charge on any atom is -0.319 e. The van der Waals surface area contributed by atoms with Crippen molar-refractivity contribution in [2.75, 3.05) is 0 Å². The molecule has 132 valence electrons. The average Bonchev–Trinajstić information content (AvgIpc) is 2.58. The molecule has 0 unspecified atom stereocenters. The topological polar surface area (TPSA) is 102 Å². The number of amides is 1. The number of hydrogen-bond donors (Lipinski definition) is 2. The highest BCUT2D eigenvalue weighted by molar-refractivity contribution is 6.68. The normalized spacial score (nSPS) is 12.4. The fourth-order valence-electron chi connectivity index (χ4n) is 2.03. The Balaban J connectivity index is 2.10. The molecule has 0 saturated heterocycles. The van der Waals surface area contributed by atoms with Gasteiger partial charge in [-0.05, 0) is 12.1 Å². The van der Waals surface area contributed by atoms with E-state index in [0.717, 1.165) is 11.6 Å². The largest absolute Gasteiger partial charge is 0.319 e. The lowest BCUT2D eigenvalue weighted by molar-refractivity contribution is -0.706. The summed E-state index contributed by atoms with van der Waals surface area (Å²) in [6.45, 7) is 0.418. The Morgan fingerprint density at radius 1 is 1.32 bits per heavy atom. The van der Waals surface area contributed by atoms with Crippen molar-refractivity contribution in [2.45, 2.75) is 16.5 Å². The maximum atomic E-state index is 12.3. The maximum Gasteiger partial charge on any atom is 0.270 e. The van der Waals surface area contributed by atoms with Gasteiger partial charge in [-0.15, -0.1) is 0 Å². The van der Waals surface area contributed by atoms with Gasteiger partial charge in [0.15, 0.2) is 0 Å². The van der Waals surface area contributed by atoms with Crippen molar-refractivity contribution in [3.8, 4) is 0 Å². The Bertz CT molecular complexity index is 753. The first kappa shape index (κ1) is 19.4. The number of nitrogens with zero attached hydrogens (tertiary/aromatic N) is 2. The van der Waals surface area contributed by atoms with E-state index >= 15 is 0 Å². The summed E-state index contributed by atoms with van der Waals surface area (Å²) in [4.78, 5) is 26.6. The van der Waals surface area contributed by atoms with Crippen molar-refractivity contribution in [3.63, 3.8) is 0 Å². The molecule has 2 rings (SSSR count). The standard InChI is InChI=1S/C15H13Cl3N4O3/c16-15(17,18)14(20-9-10-3-2-6-19-8-10)21-13(23)11-4-1-5-12(7-11)22(24)25/h1-8,14,20H,9H2,(H,21,23)/p+1/t14-/m0/s1. The summed E-state index contributed by atoms with van der Waals surface area (Å²) in [5.41, 5.74) is 0.784. The van der Waals surface area contributed by atoms with E-state index < -0.39 is 20.8 Å². The predicted octanol–water partition coefficient (Wildman–Crippen LogP) is 2.18. The number of halogens is 3. The van der Waals surface area contributed by atoms with Crippen LogP contribution in [-0.4, -0.2) is 25.8 Å². The molecule has 7 nitrogen and oxygen atoms in total. The Kier molecular flexibility index (Phi) is 6.55. The lowest BCUT2D eigenvalue weighted by Gasteiger charge is -2.23. The molecular weight excluding hydrogens is 391 g/mol. The smallest absolute Gasteiger partial charge is 0.270 e. The second kappa shape index (κ2) is 8.44. The van der Waals surface area contributed by atoms with Gasteiger partial charge in [0.25, 0.3) is 15.4 Å². The second-order valence-electron chi connectivity index (χ2n) is 5.10. The van der Waals surface area contributed by atoms with Gasteiger partial charge in [0.2, 0.25) is 6.17 Å². The van der Waals surface area contributed by atoms with Crippen LogP contribution in [0.1, 0.15) is 15.9 Å². The molecule has 0 fully saturated rings. The molecule has 0 saturated carbocycles. The van der Waals surface area contributed by atoms with Crippen LogP contribution in [0.15, 0.2) is 48.8 Å². The van der Waals surface area contributed by atoms with Crippen LogP contribution < -0.4 is 10.6 Å². The average molecular weight is 405 g/mol. The van der Waals surface area contributed by atoms with Crippen molar-refractivity contribution in [3.05, 3.63) is 70.0 Å². The Morgan fingerprint density at radius 2 is 2.08 bits per heavy atom. The molecule has 1 heterocycles. The fraction of sp³-hybridized carbons (Fsp3) is 0.200. The lowest BCUT2D eigenvalue weighted by Crippen LogP contribution is -2.95. The molecule has 0 aliphatic heterocycles. The first-order valence-electron chi connectivity index (χ1n) is 7.11. The van der Waals surface area contributed by atoms with Crippen LogP contribution in [0.5, 0.6) is 0 Å². The number of nitro benzene ring substituents is 1. The zero-order chi connectivity index (χ0) is 18.4. The van der Waals surface area contributed by atoms with Gasteiger partial charge >= 0.3 is 0 Å². The number of nitrogens with two attached hydrogens (primary N) is 1. The van der Waals surface area contributed by atoms with Crippen molar-refractivity contribution in [1.29, 1.82) is 0 Å². The molecule has 1 amide bonds. The number of aromatic nitrogens is 1. The van der Waals surface area contributed by atoms with E-state index in [1.54, 1.807) is 23.8 Å². The van der Waals surface area contributed by atoms with Crippen molar-refractivity contribution in [2.24, 2.45) is 0 Å². The molecule has 0 aliphatic rings. The molecule has 1 aromatic heterocycles. The molecule has 0 bridgehead atoms. The van der Waals surface area contributed by atoms with Crippen LogP contribution in [0, 0.1) is 10.1 Å².